The molecule has 26 heavy (non-hydrogen) atoms. The van der Waals surface area contributed by atoms with Gasteiger partial charge < -0.3 is 14.2 Å². The third-order valence-corrected chi connectivity index (χ3v) is 4.82. The predicted molar refractivity (Wildman–Crippen MR) is 101 cm³/mol. The Labute approximate surface area is 153 Å². The molecule has 0 atom stereocenters. The fourth-order valence-corrected chi connectivity index (χ4v) is 3.21. The number of fused-ring (bicyclic) bond motifs is 1. The second-order valence-corrected chi connectivity index (χ2v) is 7.12. The molecule has 1 aromatic heterocycles. The third-order valence-electron chi connectivity index (χ3n) is 4.82. The Bertz CT molecular complexity index is 956. The number of aromatic nitrogens is 2. The van der Waals surface area contributed by atoms with Gasteiger partial charge in [-0.3, -0.25) is 4.79 Å². The molecule has 5 nitrogen and oxygen atoms in total. The second-order valence-electron chi connectivity index (χ2n) is 7.12. The molecular weight excluding hydrogens is 326 g/mol. The van der Waals surface area contributed by atoms with Gasteiger partial charge >= 0.3 is 0 Å². The summed E-state index contributed by atoms with van der Waals surface area (Å²) in [4.78, 5) is 18.9. The topological polar surface area (TPSA) is 47.4 Å². The Morgan fingerprint density at radius 2 is 1.96 bits per heavy atom. The highest BCUT2D eigenvalue weighted by Crippen LogP contribution is 2.41. The van der Waals surface area contributed by atoms with Crippen LogP contribution in [0.2, 0.25) is 0 Å². The van der Waals surface area contributed by atoms with Gasteiger partial charge in [-0.2, -0.15) is 0 Å². The predicted octanol–water partition coefficient (Wildman–Crippen LogP) is 3.73. The summed E-state index contributed by atoms with van der Waals surface area (Å²) in [6, 6.07) is 13.8. The van der Waals surface area contributed by atoms with Crippen molar-refractivity contribution in [3.05, 3.63) is 59.4 Å². The van der Waals surface area contributed by atoms with E-state index in [0.29, 0.717) is 23.8 Å². The molecule has 0 radical (unpaired) electrons. The minimum atomic E-state index is -0.0365. The second kappa shape index (κ2) is 6.48. The number of carbonyl (C=O) groups excluding carboxylic acids is 1. The number of aryl methyl sites for hydroxylation is 1. The van der Waals surface area contributed by atoms with Gasteiger partial charge in [-0.25, -0.2) is 4.98 Å². The summed E-state index contributed by atoms with van der Waals surface area (Å²) in [6.07, 6.45) is 2.36. The smallest absolute Gasteiger partial charge is 0.253 e. The van der Waals surface area contributed by atoms with Gasteiger partial charge in [-0.1, -0.05) is 30.3 Å². The van der Waals surface area contributed by atoms with Gasteiger partial charge in [0, 0.05) is 32.6 Å². The highest BCUT2D eigenvalue weighted by atomic mass is 16.5. The lowest BCUT2D eigenvalue weighted by molar-refractivity contribution is 0.0827. The van der Waals surface area contributed by atoms with Crippen LogP contribution in [-0.2, 0) is 13.7 Å². The van der Waals surface area contributed by atoms with Crippen molar-refractivity contribution in [1.82, 2.24) is 14.5 Å². The molecule has 134 valence electrons. The number of benzene rings is 2. The fraction of sp³-hybridized carbons (Fsp3) is 0.333. The quantitative estimate of drug-likeness (QED) is 0.705. The molecule has 0 N–H and O–H groups in total. The zero-order valence-corrected chi connectivity index (χ0v) is 15.4. The van der Waals surface area contributed by atoms with Gasteiger partial charge in [0.05, 0.1) is 5.52 Å². The summed E-state index contributed by atoms with van der Waals surface area (Å²) >= 11 is 0. The Hall–Kier alpha value is -2.82. The SMILES string of the molecule is CN(C)C(=O)c1cc(OCc2ccccc2)c2nc(C3CC3)n(C)c2c1. The summed E-state index contributed by atoms with van der Waals surface area (Å²) < 4.78 is 8.20. The van der Waals surface area contributed by atoms with E-state index in [2.05, 4.69) is 4.57 Å². The fourth-order valence-electron chi connectivity index (χ4n) is 3.21. The number of hydrogen-bond donors (Lipinski definition) is 0. The molecule has 0 saturated heterocycles. The average Bonchev–Trinajstić information content (AvgIpc) is 3.44. The van der Waals surface area contributed by atoms with Crippen molar-refractivity contribution in [2.24, 2.45) is 7.05 Å². The lowest BCUT2D eigenvalue weighted by Gasteiger charge is -2.13. The van der Waals surface area contributed by atoms with Gasteiger partial charge in [-0.15, -0.1) is 0 Å². The summed E-state index contributed by atoms with van der Waals surface area (Å²) in [5.74, 6) is 2.24. The van der Waals surface area contributed by atoms with Crippen molar-refractivity contribution >= 4 is 16.9 Å². The number of hydrogen-bond acceptors (Lipinski definition) is 3. The minimum absolute atomic E-state index is 0.0365. The molecule has 1 fully saturated rings. The van der Waals surface area contributed by atoms with Crippen LogP contribution in [0.4, 0.5) is 0 Å². The Morgan fingerprint density at radius 3 is 2.62 bits per heavy atom. The van der Waals surface area contributed by atoms with Crippen molar-refractivity contribution < 1.29 is 9.53 Å². The first-order valence-corrected chi connectivity index (χ1v) is 8.93. The first-order valence-electron chi connectivity index (χ1n) is 8.93. The number of rotatable bonds is 5. The zero-order valence-electron chi connectivity index (χ0n) is 15.4. The number of nitrogens with zero attached hydrogens (tertiary/aromatic N) is 3. The number of carbonyl (C=O) groups is 1. The van der Waals surface area contributed by atoms with Gasteiger partial charge in [0.25, 0.3) is 5.91 Å². The molecule has 0 spiro atoms. The van der Waals surface area contributed by atoms with E-state index in [1.807, 2.05) is 49.5 Å². The van der Waals surface area contributed by atoms with E-state index in [1.165, 1.54) is 12.8 Å². The van der Waals surface area contributed by atoms with Crippen molar-refractivity contribution in [2.45, 2.75) is 25.4 Å². The van der Waals surface area contributed by atoms with Gasteiger partial charge in [0.1, 0.15) is 23.7 Å². The van der Waals surface area contributed by atoms with Crippen LogP contribution in [-0.4, -0.2) is 34.5 Å². The Morgan fingerprint density at radius 1 is 1.23 bits per heavy atom. The summed E-state index contributed by atoms with van der Waals surface area (Å²) in [6.45, 7) is 0.449. The maximum Gasteiger partial charge on any atom is 0.253 e. The van der Waals surface area contributed by atoms with Gasteiger partial charge in [0.15, 0.2) is 0 Å². The van der Waals surface area contributed by atoms with Crippen molar-refractivity contribution in [3.63, 3.8) is 0 Å². The summed E-state index contributed by atoms with van der Waals surface area (Å²) in [5.41, 5.74) is 3.49. The first kappa shape index (κ1) is 16.6. The van der Waals surface area contributed by atoms with Crippen LogP contribution in [0.1, 0.15) is 40.5 Å². The van der Waals surface area contributed by atoms with Crippen LogP contribution in [0.25, 0.3) is 11.0 Å². The maximum atomic E-state index is 12.5. The van der Waals surface area contributed by atoms with E-state index in [4.69, 9.17) is 9.72 Å². The molecule has 5 heteroatoms. The van der Waals surface area contributed by atoms with Crippen LogP contribution in [0.15, 0.2) is 42.5 Å². The number of imidazole rings is 1. The zero-order chi connectivity index (χ0) is 18.3. The minimum Gasteiger partial charge on any atom is -0.487 e. The van der Waals surface area contributed by atoms with Crippen LogP contribution in [0.3, 0.4) is 0 Å². The highest BCUT2D eigenvalue weighted by Gasteiger charge is 2.29. The largest absolute Gasteiger partial charge is 0.487 e. The van der Waals surface area contributed by atoms with E-state index in [0.717, 1.165) is 22.4 Å². The molecule has 0 bridgehead atoms. The molecule has 1 aliphatic rings. The molecule has 0 unspecified atom stereocenters. The summed E-state index contributed by atoms with van der Waals surface area (Å²) in [7, 11) is 5.54. The van der Waals surface area contributed by atoms with Gasteiger partial charge in [0.2, 0.25) is 0 Å². The molecule has 1 aliphatic carbocycles. The van der Waals surface area contributed by atoms with Crippen molar-refractivity contribution in [3.8, 4) is 5.75 Å². The van der Waals surface area contributed by atoms with E-state index >= 15 is 0 Å². The van der Waals surface area contributed by atoms with E-state index in [9.17, 15) is 4.79 Å². The monoisotopic (exact) mass is 349 g/mol. The number of ether oxygens (including phenoxy) is 1. The summed E-state index contributed by atoms with van der Waals surface area (Å²) in [5, 5.41) is 0. The molecule has 4 rings (SSSR count). The van der Waals surface area contributed by atoms with E-state index in [-0.39, 0.29) is 5.91 Å². The van der Waals surface area contributed by atoms with Crippen LogP contribution in [0, 0.1) is 0 Å². The molecule has 0 aliphatic heterocycles. The lowest BCUT2D eigenvalue weighted by atomic mass is 10.1. The van der Waals surface area contributed by atoms with E-state index < -0.39 is 0 Å². The number of amides is 1. The Balaban J connectivity index is 1.77. The van der Waals surface area contributed by atoms with Crippen molar-refractivity contribution in [2.75, 3.05) is 14.1 Å². The van der Waals surface area contributed by atoms with Crippen LogP contribution < -0.4 is 4.74 Å². The Kier molecular flexibility index (Phi) is 4.15. The highest BCUT2D eigenvalue weighted by molar-refractivity contribution is 5.99. The normalized spacial score (nSPS) is 13.8. The first-order chi connectivity index (χ1) is 12.5. The molecule has 3 aromatic rings. The van der Waals surface area contributed by atoms with Crippen LogP contribution >= 0.6 is 0 Å². The molecule has 1 amide bonds. The van der Waals surface area contributed by atoms with E-state index in [1.54, 1.807) is 19.0 Å². The average molecular weight is 349 g/mol. The molecular formula is C21H23N3O2. The van der Waals surface area contributed by atoms with Crippen LogP contribution in [0.5, 0.6) is 5.75 Å². The lowest BCUT2D eigenvalue weighted by Crippen LogP contribution is -2.21. The third kappa shape index (κ3) is 3.05. The molecule has 1 heterocycles. The van der Waals surface area contributed by atoms with Gasteiger partial charge in [-0.05, 0) is 30.5 Å². The van der Waals surface area contributed by atoms with Crippen molar-refractivity contribution in [1.29, 1.82) is 0 Å². The maximum absolute atomic E-state index is 12.5. The standard InChI is InChI=1S/C21H23N3O2/c1-23(2)21(25)16-11-17-19(22-20(24(17)3)15-9-10-15)18(12-16)26-13-14-7-5-4-6-8-14/h4-8,11-12,15H,9-10,13H2,1-3H3. The molecule has 1 saturated carbocycles. The molecule has 2 aromatic carbocycles.